The van der Waals surface area contributed by atoms with E-state index in [9.17, 15) is 0 Å². The highest BCUT2D eigenvalue weighted by Gasteiger charge is 2.25. The number of rotatable bonds is 3. The highest BCUT2D eigenvalue weighted by Crippen LogP contribution is 2.26. The normalized spacial score (nSPS) is 20.1. The predicted octanol–water partition coefficient (Wildman–Crippen LogP) is 3.29. The maximum atomic E-state index is 6.12. The molecule has 3 heteroatoms. The summed E-state index contributed by atoms with van der Waals surface area (Å²) in [6.45, 7) is 7.92. The van der Waals surface area contributed by atoms with Gasteiger partial charge in [0.25, 0.3) is 0 Å². The van der Waals surface area contributed by atoms with Gasteiger partial charge in [-0.3, -0.25) is 4.90 Å². The van der Waals surface area contributed by atoms with E-state index in [1.807, 2.05) is 12.1 Å². The predicted molar refractivity (Wildman–Crippen MR) is 84.4 cm³/mol. The van der Waals surface area contributed by atoms with E-state index in [0.717, 1.165) is 29.5 Å². The van der Waals surface area contributed by atoms with Crippen LogP contribution in [0.15, 0.2) is 30.3 Å². The molecule has 1 aromatic heterocycles. The molecule has 0 aliphatic carbocycles. The summed E-state index contributed by atoms with van der Waals surface area (Å²) in [5.41, 5.74) is 8.26. The van der Waals surface area contributed by atoms with Crippen molar-refractivity contribution in [3.8, 4) is 0 Å². The lowest BCUT2D eigenvalue weighted by Gasteiger charge is -2.18. The summed E-state index contributed by atoms with van der Waals surface area (Å²) in [6, 6.07) is 10.4. The van der Waals surface area contributed by atoms with Gasteiger partial charge >= 0.3 is 0 Å². The number of benzene rings is 1. The number of fused-ring (bicyclic) bond motifs is 1. The van der Waals surface area contributed by atoms with Crippen LogP contribution in [0.5, 0.6) is 0 Å². The number of nitrogens with zero attached hydrogens (tertiary/aromatic N) is 2. The first-order chi connectivity index (χ1) is 9.63. The standard InChI is InChI=1S/C17H23N3/c1-12(2)14-7-8-20(10-14)11-15-9-13-5-3-4-6-16(13)19-17(15)18/h3-6,9,12,14H,7-8,10-11H2,1-2H3,(H2,18,19). The van der Waals surface area contributed by atoms with Gasteiger partial charge in [-0.2, -0.15) is 0 Å². The Bertz CT molecular complexity index is 606. The largest absolute Gasteiger partial charge is 0.383 e. The molecule has 1 aliphatic heterocycles. The molecule has 0 radical (unpaired) electrons. The Morgan fingerprint density at radius 2 is 2.15 bits per heavy atom. The third-order valence-electron chi connectivity index (χ3n) is 4.48. The minimum atomic E-state index is 0.677. The first kappa shape index (κ1) is 13.4. The summed E-state index contributed by atoms with van der Waals surface area (Å²) in [5.74, 6) is 2.27. The van der Waals surface area contributed by atoms with Crippen LogP contribution in [0.25, 0.3) is 10.9 Å². The van der Waals surface area contributed by atoms with Crippen molar-refractivity contribution in [2.75, 3.05) is 18.8 Å². The van der Waals surface area contributed by atoms with E-state index in [0.29, 0.717) is 5.82 Å². The van der Waals surface area contributed by atoms with Gasteiger partial charge in [0.05, 0.1) is 5.52 Å². The smallest absolute Gasteiger partial charge is 0.128 e. The summed E-state index contributed by atoms with van der Waals surface area (Å²) in [6.07, 6.45) is 1.30. The maximum Gasteiger partial charge on any atom is 0.128 e. The minimum Gasteiger partial charge on any atom is -0.383 e. The lowest BCUT2D eigenvalue weighted by molar-refractivity contribution is 0.297. The molecule has 2 heterocycles. The Morgan fingerprint density at radius 1 is 1.35 bits per heavy atom. The molecule has 1 atom stereocenters. The van der Waals surface area contributed by atoms with Gasteiger partial charge in [0.1, 0.15) is 5.82 Å². The molecule has 1 saturated heterocycles. The lowest BCUT2D eigenvalue weighted by Crippen LogP contribution is -2.22. The second-order valence-corrected chi connectivity index (χ2v) is 6.25. The van der Waals surface area contributed by atoms with Gasteiger partial charge in [-0.1, -0.05) is 32.0 Å². The molecule has 20 heavy (non-hydrogen) atoms. The minimum absolute atomic E-state index is 0.677. The highest BCUT2D eigenvalue weighted by atomic mass is 15.1. The number of likely N-dealkylation sites (tertiary alicyclic amines) is 1. The molecule has 0 spiro atoms. The molecule has 106 valence electrons. The van der Waals surface area contributed by atoms with Crippen LogP contribution in [0.4, 0.5) is 5.82 Å². The first-order valence-corrected chi connectivity index (χ1v) is 7.50. The van der Waals surface area contributed by atoms with E-state index in [1.165, 1.54) is 24.9 Å². The van der Waals surface area contributed by atoms with Gasteiger partial charge in [-0.05, 0) is 36.9 Å². The molecule has 3 nitrogen and oxygen atoms in total. The Morgan fingerprint density at radius 3 is 2.90 bits per heavy atom. The summed E-state index contributed by atoms with van der Waals surface area (Å²) in [7, 11) is 0. The fourth-order valence-corrected chi connectivity index (χ4v) is 3.09. The molecule has 2 aromatic rings. The number of aromatic nitrogens is 1. The molecule has 1 aromatic carbocycles. The van der Waals surface area contributed by atoms with Crippen LogP contribution in [0.2, 0.25) is 0 Å². The van der Waals surface area contributed by atoms with E-state index in [-0.39, 0.29) is 0 Å². The first-order valence-electron chi connectivity index (χ1n) is 7.50. The molecule has 1 fully saturated rings. The van der Waals surface area contributed by atoms with E-state index < -0.39 is 0 Å². The number of para-hydroxylation sites is 1. The lowest BCUT2D eigenvalue weighted by atomic mass is 9.95. The molecule has 2 N–H and O–H groups in total. The molecule has 0 bridgehead atoms. The van der Waals surface area contributed by atoms with E-state index in [4.69, 9.17) is 5.73 Å². The number of hydrogen-bond donors (Lipinski definition) is 1. The van der Waals surface area contributed by atoms with Crippen molar-refractivity contribution >= 4 is 16.7 Å². The van der Waals surface area contributed by atoms with Crippen molar-refractivity contribution < 1.29 is 0 Å². The monoisotopic (exact) mass is 269 g/mol. The van der Waals surface area contributed by atoms with Crippen LogP contribution < -0.4 is 5.73 Å². The quantitative estimate of drug-likeness (QED) is 0.929. The molecular weight excluding hydrogens is 246 g/mol. The van der Waals surface area contributed by atoms with Crippen LogP contribution in [-0.2, 0) is 6.54 Å². The maximum absolute atomic E-state index is 6.12. The van der Waals surface area contributed by atoms with E-state index in [1.54, 1.807) is 0 Å². The van der Waals surface area contributed by atoms with Crippen LogP contribution in [0.3, 0.4) is 0 Å². The Labute approximate surface area is 120 Å². The summed E-state index contributed by atoms with van der Waals surface area (Å²) in [4.78, 5) is 7.03. The van der Waals surface area contributed by atoms with Crippen molar-refractivity contribution in [2.24, 2.45) is 11.8 Å². The fourth-order valence-electron chi connectivity index (χ4n) is 3.09. The molecule has 1 aliphatic rings. The highest BCUT2D eigenvalue weighted by molar-refractivity contribution is 5.81. The van der Waals surface area contributed by atoms with Crippen LogP contribution >= 0.6 is 0 Å². The Kier molecular flexibility index (Phi) is 3.62. The number of nitrogen functional groups attached to an aromatic ring is 1. The molecule has 0 amide bonds. The third kappa shape index (κ3) is 2.63. The SMILES string of the molecule is CC(C)C1CCN(Cc2cc3ccccc3nc2N)C1. The van der Waals surface area contributed by atoms with Crippen molar-refractivity contribution in [1.82, 2.24) is 9.88 Å². The second kappa shape index (κ2) is 5.41. The third-order valence-corrected chi connectivity index (χ3v) is 4.48. The van der Waals surface area contributed by atoms with Crippen molar-refractivity contribution in [3.63, 3.8) is 0 Å². The number of pyridine rings is 1. The zero-order valence-electron chi connectivity index (χ0n) is 12.3. The van der Waals surface area contributed by atoms with Gasteiger partial charge in [0, 0.05) is 24.0 Å². The topological polar surface area (TPSA) is 42.2 Å². The van der Waals surface area contributed by atoms with Crippen LogP contribution in [0, 0.1) is 11.8 Å². The van der Waals surface area contributed by atoms with E-state index in [2.05, 4.69) is 41.9 Å². The number of nitrogens with two attached hydrogens (primary N) is 1. The van der Waals surface area contributed by atoms with Crippen molar-refractivity contribution in [1.29, 1.82) is 0 Å². The summed E-state index contributed by atoms with van der Waals surface area (Å²) < 4.78 is 0. The fraction of sp³-hybridized carbons (Fsp3) is 0.471. The molecule has 3 rings (SSSR count). The van der Waals surface area contributed by atoms with E-state index >= 15 is 0 Å². The zero-order chi connectivity index (χ0) is 14.1. The zero-order valence-corrected chi connectivity index (χ0v) is 12.3. The molecule has 1 unspecified atom stereocenters. The Hall–Kier alpha value is -1.61. The van der Waals surface area contributed by atoms with Crippen molar-refractivity contribution in [3.05, 3.63) is 35.9 Å². The van der Waals surface area contributed by atoms with Gasteiger partial charge in [-0.15, -0.1) is 0 Å². The Balaban J connectivity index is 1.79. The summed E-state index contributed by atoms with van der Waals surface area (Å²) in [5, 5.41) is 1.18. The molecular formula is C17H23N3. The van der Waals surface area contributed by atoms with Crippen molar-refractivity contribution in [2.45, 2.75) is 26.8 Å². The second-order valence-electron chi connectivity index (χ2n) is 6.25. The average Bonchev–Trinajstić information content (AvgIpc) is 2.88. The van der Waals surface area contributed by atoms with Gasteiger partial charge in [-0.25, -0.2) is 4.98 Å². The number of anilines is 1. The number of hydrogen-bond acceptors (Lipinski definition) is 3. The van der Waals surface area contributed by atoms with Gasteiger partial charge < -0.3 is 5.73 Å². The molecule has 0 saturated carbocycles. The van der Waals surface area contributed by atoms with Gasteiger partial charge in [0.15, 0.2) is 0 Å². The average molecular weight is 269 g/mol. The van der Waals surface area contributed by atoms with Crippen LogP contribution in [0.1, 0.15) is 25.8 Å². The van der Waals surface area contributed by atoms with Crippen LogP contribution in [-0.4, -0.2) is 23.0 Å². The summed E-state index contributed by atoms with van der Waals surface area (Å²) >= 11 is 0. The van der Waals surface area contributed by atoms with Gasteiger partial charge in [0.2, 0.25) is 0 Å².